The standard InChI is InChI=1S/C16H16N4O/c17-11-15(12-18)19-13-16(20-6-8-21-9-7-20)10-14-4-2-1-3-5-14/h1-5,13H,6-10H2/b16-13-. The Morgan fingerprint density at radius 3 is 2.48 bits per heavy atom. The number of allylic oxidation sites excluding steroid dienone is 1. The Kier molecular flexibility index (Phi) is 5.51. The van der Waals surface area contributed by atoms with Crippen LogP contribution in [0.3, 0.4) is 0 Å². The summed E-state index contributed by atoms with van der Waals surface area (Å²) in [5, 5.41) is 17.5. The van der Waals surface area contributed by atoms with Crippen LogP contribution in [0.5, 0.6) is 0 Å². The average molecular weight is 280 g/mol. The van der Waals surface area contributed by atoms with Gasteiger partial charge in [0.15, 0.2) is 0 Å². The van der Waals surface area contributed by atoms with Crippen molar-refractivity contribution in [1.82, 2.24) is 4.90 Å². The smallest absolute Gasteiger partial charge is 0.218 e. The van der Waals surface area contributed by atoms with E-state index in [1.807, 2.05) is 30.3 Å². The lowest BCUT2D eigenvalue weighted by Gasteiger charge is -2.30. The van der Waals surface area contributed by atoms with Gasteiger partial charge >= 0.3 is 0 Å². The summed E-state index contributed by atoms with van der Waals surface area (Å²) in [4.78, 5) is 6.17. The van der Waals surface area contributed by atoms with Crippen molar-refractivity contribution in [2.45, 2.75) is 6.42 Å². The molecule has 0 N–H and O–H groups in total. The van der Waals surface area contributed by atoms with E-state index in [1.165, 1.54) is 5.56 Å². The fourth-order valence-electron chi connectivity index (χ4n) is 2.12. The van der Waals surface area contributed by atoms with Gasteiger partial charge in [0.2, 0.25) is 5.71 Å². The molecule has 1 aliphatic heterocycles. The molecule has 1 aromatic carbocycles. The van der Waals surface area contributed by atoms with Crippen molar-refractivity contribution in [3.05, 3.63) is 47.8 Å². The number of hydrogen-bond acceptors (Lipinski definition) is 5. The molecule has 0 atom stereocenters. The maximum Gasteiger partial charge on any atom is 0.218 e. The predicted molar refractivity (Wildman–Crippen MR) is 79.3 cm³/mol. The summed E-state index contributed by atoms with van der Waals surface area (Å²) in [7, 11) is 0. The van der Waals surface area contributed by atoms with Crippen molar-refractivity contribution in [3.63, 3.8) is 0 Å². The number of benzene rings is 1. The number of ether oxygens (including phenoxy) is 1. The molecule has 1 aromatic rings. The van der Waals surface area contributed by atoms with Crippen molar-refractivity contribution in [2.75, 3.05) is 26.3 Å². The second-order valence-electron chi connectivity index (χ2n) is 4.58. The maximum atomic E-state index is 8.77. The van der Waals surface area contributed by atoms with Gasteiger partial charge in [-0.25, -0.2) is 4.99 Å². The number of morpholine rings is 1. The molecular formula is C16H16N4O. The number of hydrogen-bond donors (Lipinski definition) is 0. The molecule has 1 heterocycles. The molecule has 2 rings (SSSR count). The molecule has 1 saturated heterocycles. The van der Waals surface area contributed by atoms with Crippen LogP contribution in [0.25, 0.3) is 0 Å². The molecule has 0 saturated carbocycles. The molecule has 5 heteroatoms. The lowest BCUT2D eigenvalue weighted by molar-refractivity contribution is 0.0525. The van der Waals surface area contributed by atoms with Crippen molar-refractivity contribution in [2.24, 2.45) is 4.99 Å². The van der Waals surface area contributed by atoms with Gasteiger partial charge in [-0.3, -0.25) is 0 Å². The molecule has 0 radical (unpaired) electrons. The SMILES string of the molecule is N#CC(C#N)=N/C=C(/Cc1ccccc1)N1CCOCC1. The van der Waals surface area contributed by atoms with Crippen molar-refractivity contribution in [1.29, 1.82) is 10.5 Å². The summed E-state index contributed by atoms with van der Waals surface area (Å²) in [6.45, 7) is 2.95. The minimum atomic E-state index is -0.131. The van der Waals surface area contributed by atoms with Crippen LogP contribution < -0.4 is 0 Å². The van der Waals surface area contributed by atoms with Crippen LogP contribution >= 0.6 is 0 Å². The van der Waals surface area contributed by atoms with E-state index in [-0.39, 0.29) is 5.71 Å². The summed E-state index contributed by atoms with van der Waals surface area (Å²) < 4.78 is 5.36. The molecular weight excluding hydrogens is 264 g/mol. The second kappa shape index (κ2) is 7.84. The zero-order chi connectivity index (χ0) is 14.9. The van der Waals surface area contributed by atoms with Gasteiger partial charge < -0.3 is 9.64 Å². The Balaban J connectivity index is 2.22. The molecule has 1 aliphatic rings. The zero-order valence-electron chi connectivity index (χ0n) is 11.7. The summed E-state index contributed by atoms with van der Waals surface area (Å²) in [6, 6.07) is 13.6. The molecule has 5 nitrogen and oxygen atoms in total. The minimum absolute atomic E-state index is 0.131. The Labute approximate surface area is 124 Å². The van der Waals surface area contributed by atoms with E-state index in [9.17, 15) is 0 Å². The van der Waals surface area contributed by atoms with Crippen LogP contribution in [0.4, 0.5) is 0 Å². The minimum Gasteiger partial charge on any atom is -0.378 e. The van der Waals surface area contributed by atoms with E-state index in [2.05, 4.69) is 9.89 Å². The third-order valence-electron chi connectivity index (χ3n) is 3.20. The van der Waals surface area contributed by atoms with E-state index < -0.39 is 0 Å². The lowest BCUT2D eigenvalue weighted by Crippen LogP contribution is -2.36. The molecule has 0 aromatic heterocycles. The van der Waals surface area contributed by atoms with Crippen LogP contribution in [0.1, 0.15) is 5.56 Å². The molecule has 0 spiro atoms. The number of rotatable bonds is 4. The van der Waals surface area contributed by atoms with E-state index in [1.54, 1.807) is 18.3 Å². The number of nitrogens with zero attached hydrogens (tertiary/aromatic N) is 4. The van der Waals surface area contributed by atoms with Gasteiger partial charge in [-0.15, -0.1) is 0 Å². The third-order valence-corrected chi connectivity index (χ3v) is 3.20. The third kappa shape index (κ3) is 4.45. The molecule has 1 fully saturated rings. The predicted octanol–water partition coefficient (Wildman–Crippen LogP) is 1.89. The summed E-state index contributed by atoms with van der Waals surface area (Å²) in [5.74, 6) is 0. The van der Waals surface area contributed by atoms with Crippen LogP contribution in [-0.4, -0.2) is 36.9 Å². The quantitative estimate of drug-likeness (QED) is 0.789. The van der Waals surface area contributed by atoms with Gasteiger partial charge in [0, 0.05) is 31.4 Å². The summed E-state index contributed by atoms with van der Waals surface area (Å²) in [6.07, 6.45) is 2.34. The van der Waals surface area contributed by atoms with Crippen LogP contribution in [-0.2, 0) is 11.2 Å². The summed E-state index contributed by atoms with van der Waals surface area (Å²) in [5.41, 5.74) is 2.03. The van der Waals surface area contributed by atoms with Crippen molar-refractivity contribution < 1.29 is 4.74 Å². The van der Waals surface area contributed by atoms with E-state index in [4.69, 9.17) is 15.3 Å². The first-order chi connectivity index (χ1) is 10.3. The Morgan fingerprint density at radius 1 is 1.19 bits per heavy atom. The van der Waals surface area contributed by atoms with Crippen molar-refractivity contribution >= 4 is 5.71 Å². The van der Waals surface area contributed by atoms with Gasteiger partial charge in [-0.05, 0) is 5.56 Å². The molecule has 0 amide bonds. The number of nitriles is 2. The largest absolute Gasteiger partial charge is 0.378 e. The summed E-state index contributed by atoms with van der Waals surface area (Å²) >= 11 is 0. The molecule has 106 valence electrons. The Morgan fingerprint density at radius 2 is 1.86 bits per heavy atom. The Hall–Kier alpha value is -2.63. The highest BCUT2D eigenvalue weighted by Crippen LogP contribution is 2.14. The van der Waals surface area contributed by atoms with E-state index >= 15 is 0 Å². The van der Waals surface area contributed by atoms with Crippen LogP contribution in [0.15, 0.2) is 47.2 Å². The van der Waals surface area contributed by atoms with Gasteiger partial charge in [0.1, 0.15) is 12.1 Å². The van der Waals surface area contributed by atoms with Crippen LogP contribution in [0, 0.1) is 22.7 Å². The highest BCUT2D eigenvalue weighted by atomic mass is 16.5. The first kappa shape index (κ1) is 14.8. The van der Waals surface area contributed by atoms with E-state index in [0.29, 0.717) is 19.6 Å². The fourth-order valence-corrected chi connectivity index (χ4v) is 2.12. The maximum absolute atomic E-state index is 8.77. The molecule has 0 unspecified atom stereocenters. The average Bonchev–Trinajstić information content (AvgIpc) is 2.56. The van der Waals surface area contributed by atoms with Gasteiger partial charge in [-0.1, -0.05) is 30.3 Å². The van der Waals surface area contributed by atoms with E-state index in [0.717, 1.165) is 18.8 Å². The zero-order valence-corrected chi connectivity index (χ0v) is 11.7. The first-order valence-electron chi connectivity index (χ1n) is 6.77. The number of aliphatic imine (C=N–C) groups is 1. The molecule has 0 bridgehead atoms. The fraction of sp³-hybridized carbons (Fsp3) is 0.312. The molecule has 0 aliphatic carbocycles. The normalized spacial score (nSPS) is 15.0. The highest BCUT2D eigenvalue weighted by Gasteiger charge is 2.14. The lowest BCUT2D eigenvalue weighted by atomic mass is 10.1. The van der Waals surface area contributed by atoms with Gasteiger partial charge in [0.05, 0.1) is 13.2 Å². The van der Waals surface area contributed by atoms with Gasteiger partial charge in [0.25, 0.3) is 0 Å². The second-order valence-corrected chi connectivity index (χ2v) is 4.58. The van der Waals surface area contributed by atoms with Crippen LogP contribution in [0.2, 0.25) is 0 Å². The first-order valence-corrected chi connectivity index (χ1v) is 6.77. The Bertz CT molecular complexity index is 585. The van der Waals surface area contributed by atoms with Gasteiger partial charge in [-0.2, -0.15) is 10.5 Å². The topological polar surface area (TPSA) is 72.4 Å². The monoisotopic (exact) mass is 280 g/mol. The molecule has 21 heavy (non-hydrogen) atoms. The van der Waals surface area contributed by atoms with Crippen molar-refractivity contribution in [3.8, 4) is 12.1 Å². The highest BCUT2D eigenvalue weighted by molar-refractivity contribution is 6.10.